The average Bonchev–Trinajstić information content (AvgIpc) is 3.11. The summed E-state index contributed by atoms with van der Waals surface area (Å²) >= 11 is 0. The van der Waals surface area contributed by atoms with Gasteiger partial charge >= 0.3 is 12.1 Å². The van der Waals surface area contributed by atoms with E-state index in [2.05, 4.69) is 24.3 Å². The number of hydrogen-bond donors (Lipinski definition) is 1. The van der Waals surface area contributed by atoms with Crippen molar-refractivity contribution in [3.8, 4) is 16.9 Å². The number of ether oxygens (including phenoxy) is 2. The highest BCUT2D eigenvalue weighted by atomic mass is 16.6. The van der Waals surface area contributed by atoms with E-state index in [0.717, 1.165) is 0 Å². The van der Waals surface area contributed by atoms with E-state index in [9.17, 15) is 9.59 Å². The molecule has 158 valence electrons. The van der Waals surface area contributed by atoms with Crippen LogP contribution in [0.4, 0.5) is 4.79 Å². The molecule has 3 aromatic rings. The summed E-state index contributed by atoms with van der Waals surface area (Å²) < 4.78 is 11.2. The molecular weight excluding hydrogens is 394 g/mol. The van der Waals surface area contributed by atoms with E-state index in [4.69, 9.17) is 14.6 Å². The number of benzene rings is 3. The lowest BCUT2D eigenvalue weighted by molar-refractivity contribution is 0.0696. The molecule has 0 saturated carbocycles. The molecule has 0 unspecified atom stereocenters. The Kier molecular flexibility index (Phi) is 5.89. The standard InChI is InChI=1S/C25H23NO5/c1-26(13-14-30-18-8-6-7-17(15-18)24(27)28)25(29)31-16-23-21-11-4-2-9-19(21)20-10-3-5-12-22(20)23/h2-12,15,23H,13-14,16H2,1H3,(H,27,28). The number of carbonyl (C=O) groups excluding carboxylic acids is 1. The number of fused-ring (bicyclic) bond motifs is 3. The average molecular weight is 417 g/mol. The SMILES string of the molecule is CN(CCOc1cccc(C(=O)O)c1)C(=O)OCC1c2ccccc2-c2ccccc21. The first-order chi connectivity index (χ1) is 15.0. The molecule has 0 heterocycles. The number of carbonyl (C=O) groups is 2. The lowest BCUT2D eigenvalue weighted by Gasteiger charge is -2.20. The molecule has 31 heavy (non-hydrogen) atoms. The van der Waals surface area contributed by atoms with Crippen LogP contribution in [0, 0.1) is 0 Å². The zero-order chi connectivity index (χ0) is 21.8. The molecule has 1 aliphatic rings. The second-order valence-corrected chi connectivity index (χ2v) is 7.41. The van der Waals surface area contributed by atoms with Crippen LogP contribution in [-0.2, 0) is 4.74 Å². The Morgan fingerprint density at radius 3 is 2.23 bits per heavy atom. The molecule has 6 nitrogen and oxygen atoms in total. The molecule has 0 saturated heterocycles. The molecule has 1 amide bonds. The van der Waals surface area contributed by atoms with Crippen molar-refractivity contribution in [2.75, 3.05) is 26.8 Å². The molecule has 0 spiro atoms. The number of hydrogen-bond acceptors (Lipinski definition) is 4. The van der Waals surface area contributed by atoms with Crippen LogP contribution in [0.15, 0.2) is 72.8 Å². The van der Waals surface area contributed by atoms with Gasteiger partial charge < -0.3 is 19.5 Å². The van der Waals surface area contributed by atoms with Gasteiger partial charge in [-0.3, -0.25) is 0 Å². The Balaban J connectivity index is 1.32. The van der Waals surface area contributed by atoms with Gasteiger partial charge in [-0.25, -0.2) is 9.59 Å². The van der Waals surface area contributed by atoms with Crippen LogP contribution in [0.3, 0.4) is 0 Å². The highest BCUT2D eigenvalue weighted by Crippen LogP contribution is 2.44. The monoisotopic (exact) mass is 417 g/mol. The summed E-state index contributed by atoms with van der Waals surface area (Å²) in [5.74, 6) is -0.554. The van der Waals surface area contributed by atoms with Crippen molar-refractivity contribution in [3.05, 3.63) is 89.5 Å². The van der Waals surface area contributed by atoms with Gasteiger partial charge in [0.2, 0.25) is 0 Å². The normalized spacial score (nSPS) is 12.0. The van der Waals surface area contributed by atoms with Gasteiger partial charge in [-0.1, -0.05) is 54.6 Å². The van der Waals surface area contributed by atoms with Crippen LogP contribution in [0.1, 0.15) is 27.4 Å². The molecular formula is C25H23NO5. The van der Waals surface area contributed by atoms with Crippen LogP contribution in [0.2, 0.25) is 0 Å². The van der Waals surface area contributed by atoms with E-state index < -0.39 is 12.1 Å². The van der Waals surface area contributed by atoms with E-state index in [1.54, 1.807) is 19.2 Å². The molecule has 4 rings (SSSR count). The van der Waals surface area contributed by atoms with Gasteiger partial charge in [-0.2, -0.15) is 0 Å². The summed E-state index contributed by atoms with van der Waals surface area (Å²) in [6, 6.07) is 22.6. The minimum absolute atomic E-state index is 0.0137. The predicted molar refractivity (Wildman–Crippen MR) is 117 cm³/mol. The molecule has 1 N–H and O–H groups in total. The van der Waals surface area contributed by atoms with Crippen molar-refractivity contribution < 1.29 is 24.2 Å². The van der Waals surface area contributed by atoms with E-state index in [0.29, 0.717) is 12.3 Å². The third-order valence-corrected chi connectivity index (χ3v) is 5.42. The van der Waals surface area contributed by atoms with Crippen molar-refractivity contribution in [1.29, 1.82) is 0 Å². The van der Waals surface area contributed by atoms with Crippen LogP contribution >= 0.6 is 0 Å². The molecule has 3 aromatic carbocycles. The number of nitrogens with zero attached hydrogens (tertiary/aromatic N) is 1. The van der Waals surface area contributed by atoms with Gasteiger partial charge in [-0.05, 0) is 40.5 Å². The third kappa shape index (κ3) is 4.38. The van der Waals surface area contributed by atoms with Gasteiger partial charge in [0.05, 0.1) is 12.1 Å². The van der Waals surface area contributed by atoms with Crippen LogP contribution < -0.4 is 4.74 Å². The minimum atomic E-state index is -1.01. The maximum absolute atomic E-state index is 12.5. The molecule has 0 aromatic heterocycles. The van der Waals surface area contributed by atoms with Crippen molar-refractivity contribution in [2.24, 2.45) is 0 Å². The predicted octanol–water partition coefficient (Wildman–Crippen LogP) is 4.64. The second kappa shape index (κ2) is 8.92. The zero-order valence-electron chi connectivity index (χ0n) is 17.2. The Hall–Kier alpha value is -3.80. The van der Waals surface area contributed by atoms with Gasteiger partial charge in [-0.15, -0.1) is 0 Å². The fourth-order valence-electron chi connectivity index (χ4n) is 3.81. The highest BCUT2D eigenvalue weighted by molar-refractivity contribution is 5.88. The number of aromatic carboxylic acids is 1. The van der Waals surface area contributed by atoms with Crippen molar-refractivity contribution in [3.63, 3.8) is 0 Å². The summed E-state index contributed by atoms with van der Waals surface area (Å²) in [7, 11) is 1.65. The topological polar surface area (TPSA) is 76.1 Å². The molecule has 6 heteroatoms. The van der Waals surface area contributed by atoms with E-state index in [-0.39, 0.29) is 24.7 Å². The van der Waals surface area contributed by atoms with Gasteiger partial charge in [0.15, 0.2) is 0 Å². The number of carboxylic acids is 1. The Morgan fingerprint density at radius 1 is 0.935 bits per heavy atom. The summed E-state index contributed by atoms with van der Waals surface area (Å²) in [4.78, 5) is 25.0. The van der Waals surface area contributed by atoms with Crippen molar-refractivity contribution >= 4 is 12.1 Å². The fraction of sp³-hybridized carbons (Fsp3) is 0.200. The Labute approximate surface area is 180 Å². The van der Waals surface area contributed by atoms with Gasteiger partial charge in [0.25, 0.3) is 0 Å². The van der Waals surface area contributed by atoms with E-state index >= 15 is 0 Å². The van der Waals surface area contributed by atoms with Gasteiger partial charge in [0.1, 0.15) is 19.0 Å². The zero-order valence-corrected chi connectivity index (χ0v) is 17.2. The van der Waals surface area contributed by atoms with Crippen LogP contribution in [0.5, 0.6) is 5.75 Å². The third-order valence-electron chi connectivity index (χ3n) is 5.42. The van der Waals surface area contributed by atoms with E-state index in [1.165, 1.54) is 39.3 Å². The van der Waals surface area contributed by atoms with Crippen LogP contribution in [-0.4, -0.2) is 48.9 Å². The molecule has 0 aliphatic heterocycles. The largest absolute Gasteiger partial charge is 0.492 e. The number of amides is 1. The van der Waals surface area contributed by atoms with Crippen molar-refractivity contribution in [1.82, 2.24) is 4.90 Å². The second-order valence-electron chi connectivity index (χ2n) is 7.41. The first kappa shape index (κ1) is 20.5. The lowest BCUT2D eigenvalue weighted by atomic mass is 9.98. The lowest BCUT2D eigenvalue weighted by Crippen LogP contribution is -2.32. The number of carboxylic acid groups (broad SMARTS) is 1. The van der Waals surface area contributed by atoms with Gasteiger partial charge in [0, 0.05) is 13.0 Å². The molecule has 0 radical (unpaired) electrons. The first-order valence-electron chi connectivity index (χ1n) is 10.1. The molecule has 1 aliphatic carbocycles. The molecule has 0 bridgehead atoms. The smallest absolute Gasteiger partial charge is 0.409 e. The highest BCUT2D eigenvalue weighted by Gasteiger charge is 2.29. The first-order valence-corrected chi connectivity index (χ1v) is 10.1. The van der Waals surface area contributed by atoms with Crippen molar-refractivity contribution in [2.45, 2.75) is 5.92 Å². The fourth-order valence-corrected chi connectivity index (χ4v) is 3.81. The number of rotatable bonds is 7. The molecule has 0 fully saturated rings. The summed E-state index contributed by atoms with van der Waals surface area (Å²) in [6.07, 6.45) is -0.426. The van der Waals surface area contributed by atoms with E-state index in [1.807, 2.05) is 24.3 Å². The quantitative estimate of drug-likeness (QED) is 0.606. The maximum Gasteiger partial charge on any atom is 0.409 e. The minimum Gasteiger partial charge on any atom is -0.492 e. The Bertz CT molecular complexity index is 1060. The maximum atomic E-state index is 12.5. The number of likely N-dealkylation sites (N-methyl/N-ethyl adjacent to an activating group) is 1. The Morgan fingerprint density at radius 2 is 1.58 bits per heavy atom. The summed E-state index contributed by atoms with van der Waals surface area (Å²) in [5.41, 5.74) is 4.86. The molecule has 0 atom stereocenters. The summed E-state index contributed by atoms with van der Waals surface area (Å²) in [6.45, 7) is 0.802. The summed E-state index contributed by atoms with van der Waals surface area (Å²) in [5, 5.41) is 9.04. The van der Waals surface area contributed by atoms with Crippen LogP contribution in [0.25, 0.3) is 11.1 Å².